The summed E-state index contributed by atoms with van der Waals surface area (Å²) in [6.45, 7) is 21.2. The van der Waals surface area contributed by atoms with Crippen LogP contribution in [0.3, 0.4) is 0 Å². The molecule has 0 saturated heterocycles. The molecule has 0 fully saturated rings. The first-order valence-corrected chi connectivity index (χ1v) is 17.0. The van der Waals surface area contributed by atoms with Crippen molar-refractivity contribution in [3.63, 3.8) is 0 Å². The Morgan fingerprint density at radius 3 is 2.11 bits per heavy atom. The van der Waals surface area contributed by atoms with E-state index in [2.05, 4.69) is 111 Å². The zero-order chi connectivity index (χ0) is 26.0. The van der Waals surface area contributed by atoms with Crippen LogP contribution in [-0.2, 0) is 38.5 Å². The molecule has 2 aliphatic carbocycles. The van der Waals surface area contributed by atoms with Crippen LogP contribution in [0.1, 0.15) is 90.3 Å². The molecule has 0 saturated carbocycles. The largest absolute Gasteiger partial charge is 1.00 e. The van der Waals surface area contributed by atoms with Crippen molar-refractivity contribution in [1.82, 2.24) is 0 Å². The van der Waals surface area contributed by atoms with Crippen molar-refractivity contribution in [2.45, 2.75) is 79.6 Å². The molecule has 200 valence electrons. The number of hydrogen-bond donors (Lipinski definition) is 0. The Morgan fingerprint density at radius 1 is 0.868 bits per heavy atom. The number of hydrogen-bond acceptors (Lipinski definition) is 1. The number of fused-ring (bicyclic) bond motifs is 3. The van der Waals surface area contributed by atoms with Crippen molar-refractivity contribution in [1.29, 1.82) is 0 Å². The standard InChI is InChI=1S/C21H25.C10H9O.C3H6.2ClH.Zr/c1-20(2,3)16-9-7-14-11-15-8-10-17(21(4,5)6)13-19(15)18(14)12-16;1-8-4-5-9(7-8)10-3-2-6-11-10;1-3-2;;;/h7,9-10,12-13H,11H2,1-6H3;2-3,5-8H,1H3;1-2H3;2*1H;/q;;;;;+2/p-2. The topological polar surface area (TPSA) is 13.1 Å². The third kappa shape index (κ3) is 5.70. The van der Waals surface area contributed by atoms with Gasteiger partial charge in [-0.3, -0.25) is 0 Å². The molecule has 0 spiro atoms. The van der Waals surface area contributed by atoms with Gasteiger partial charge in [0.15, 0.2) is 0 Å². The zero-order valence-electron chi connectivity index (χ0n) is 24.2. The van der Waals surface area contributed by atoms with E-state index in [4.69, 9.17) is 4.42 Å². The quantitative estimate of drug-likeness (QED) is 0.341. The van der Waals surface area contributed by atoms with Gasteiger partial charge in [0.05, 0.1) is 0 Å². The Balaban J connectivity index is 0.00000200. The minimum absolute atomic E-state index is 0. The van der Waals surface area contributed by atoms with E-state index in [9.17, 15) is 0 Å². The van der Waals surface area contributed by atoms with Crippen LogP contribution >= 0.6 is 0 Å². The van der Waals surface area contributed by atoms with Crippen LogP contribution in [-0.4, -0.2) is 3.21 Å². The van der Waals surface area contributed by atoms with Crippen LogP contribution in [0.2, 0.25) is 0 Å². The summed E-state index contributed by atoms with van der Waals surface area (Å²) >= 11 is -2.32. The molecular weight excluding hydrogens is 587 g/mol. The van der Waals surface area contributed by atoms with E-state index < -0.39 is 21.3 Å². The average Bonchev–Trinajstić information content (AvgIpc) is 3.51. The Kier molecular flexibility index (Phi) is 9.15. The fourth-order valence-electron chi connectivity index (χ4n) is 5.71. The van der Waals surface area contributed by atoms with Crippen molar-refractivity contribution in [2.24, 2.45) is 5.92 Å². The molecule has 2 aliphatic rings. The second kappa shape index (κ2) is 11.2. The van der Waals surface area contributed by atoms with Crippen LogP contribution in [0.25, 0.3) is 16.7 Å². The molecule has 1 unspecified atom stereocenters. The van der Waals surface area contributed by atoms with Gasteiger partial charge in [-0.05, 0) is 0 Å². The van der Waals surface area contributed by atoms with Crippen molar-refractivity contribution >= 4 is 12.1 Å². The number of halogens is 2. The van der Waals surface area contributed by atoms with Gasteiger partial charge in [0.2, 0.25) is 0 Å². The van der Waals surface area contributed by atoms with Gasteiger partial charge in [0, 0.05) is 0 Å². The van der Waals surface area contributed by atoms with E-state index in [-0.39, 0.29) is 35.6 Å². The molecule has 1 nitrogen and oxygen atoms in total. The summed E-state index contributed by atoms with van der Waals surface area (Å²) in [7, 11) is 0. The third-order valence-corrected chi connectivity index (χ3v) is 15.6. The first kappa shape index (κ1) is 31.1. The van der Waals surface area contributed by atoms with Gasteiger partial charge in [-0.2, -0.15) is 0 Å². The molecule has 0 aliphatic heterocycles. The minimum Gasteiger partial charge on any atom is -1.00 e. The van der Waals surface area contributed by atoms with E-state index in [0.717, 1.165) is 12.2 Å². The van der Waals surface area contributed by atoms with Crippen LogP contribution in [0.5, 0.6) is 0 Å². The van der Waals surface area contributed by atoms with E-state index in [1.165, 1.54) is 33.4 Å². The van der Waals surface area contributed by atoms with Gasteiger partial charge in [-0.15, -0.1) is 0 Å². The number of rotatable bonds is 3. The summed E-state index contributed by atoms with van der Waals surface area (Å²) < 4.78 is 10.8. The van der Waals surface area contributed by atoms with Crippen LogP contribution in [0, 0.1) is 5.92 Å². The summed E-state index contributed by atoms with van der Waals surface area (Å²) in [6, 6.07) is 16.4. The molecular formula is C34H40Cl2OZr. The Morgan fingerprint density at radius 2 is 1.53 bits per heavy atom. The van der Waals surface area contributed by atoms with Crippen LogP contribution in [0.4, 0.5) is 0 Å². The summed E-state index contributed by atoms with van der Waals surface area (Å²) in [6.07, 6.45) is 7.73. The van der Waals surface area contributed by atoms with Crippen molar-refractivity contribution in [3.05, 3.63) is 92.2 Å². The summed E-state index contributed by atoms with van der Waals surface area (Å²) in [4.78, 5) is 0. The van der Waals surface area contributed by atoms with Crippen molar-refractivity contribution in [3.8, 4) is 11.1 Å². The zero-order valence-corrected chi connectivity index (χ0v) is 28.2. The van der Waals surface area contributed by atoms with Crippen molar-refractivity contribution < 1.29 is 50.5 Å². The summed E-state index contributed by atoms with van der Waals surface area (Å²) in [5.74, 6) is 1.45. The molecule has 0 radical (unpaired) electrons. The number of allylic oxidation sites excluding steroid dienone is 4. The predicted molar refractivity (Wildman–Crippen MR) is 152 cm³/mol. The SMILES string of the molecule is C[C](C)=[Zr+2]([C]1=CC(c2ccco2)=CC1C)[c]1cc(C(C)(C)C)cc2c1Cc1ccc(C(C)(C)C)cc1-2.[Cl-].[Cl-]. The number of furan rings is 1. The monoisotopic (exact) mass is 624 g/mol. The maximum atomic E-state index is 5.78. The molecule has 4 heteroatoms. The van der Waals surface area contributed by atoms with Gasteiger partial charge >= 0.3 is 227 Å². The molecule has 38 heavy (non-hydrogen) atoms. The third-order valence-electron chi connectivity index (χ3n) is 7.84. The molecule has 5 rings (SSSR count). The molecule has 1 heterocycles. The summed E-state index contributed by atoms with van der Waals surface area (Å²) in [5.41, 5.74) is 10.4. The van der Waals surface area contributed by atoms with Crippen molar-refractivity contribution in [2.75, 3.05) is 0 Å². The van der Waals surface area contributed by atoms with E-state index in [1.54, 1.807) is 21.6 Å². The predicted octanol–water partition coefficient (Wildman–Crippen LogP) is 2.53. The van der Waals surface area contributed by atoms with Crippen LogP contribution in [0.15, 0.2) is 68.6 Å². The molecule has 0 N–H and O–H groups in total. The molecule has 0 bridgehead atoms. The molecule has 2 aromatic carbocycles. The first-order chi connectivity index (χ1) is 16.8. The molecule has 1 aromatic heterocycles. The van der Waals surface area contributed by atoms with Crippen LogP contribution < -0.4 is 28.1 Å². The maximum Gasteiger partial charge on any atom is -1.00 e. The normalized spacial score (nSPS) is 15.8. The summed E-state index contributed by atoms with van der Waals surface area (Å²) in [5, 5.41) is 0. The van der Waals surface area contributed by atoms with Gasteiger partial charge < -0.3 is 24.8 Å². The fraction of sp³-hybridized carbons (Fsp3) is 0.382. The smallest absolute Gasteiger partial charge is 1.00 e. The Bertz CT molecular complexity index is 1440. The molecule has 0 amide bonds. The minimum atomic E-state index is -2.32. The molecule has 3 aromatic rings. The van der Waals surface area contributed by atoms with Gasteiger partial charge in [0.1, 0.15) is 0 Å². The van der Waals surface area contributed by atoms with E-state index >= 15 is 0 Å². The average molecular weight is 627 g/mol. The van der Waals surface area contributed by atoms with E-state index in [0.29, 0.717) is 5.92 Å². The fourth-order valence-corrected chi connectivity index (χ4v) is 13.3. The van der Waals surface area contributed by atoms with E-state index in [1.807, 2.05) is 6.07 Å². The Labute approximate surface area is 249 Å². The van der Waals surface area contributed by atoms with Gasteiger partial charge in [0.25, 0.3) is 0 Å². The first-order valence-electron chi connectivity index (χ1n) is 13.3. The van der Waals surface area contributed by atoms with Gasteiger partial charge in [-0.1, -0.05) is 0 Å². The molecule has 1 atom stereocenters. The second-order valence-electron chi connectivity index (χ2n) is 13.0. The number of benzene rings is 2. The maximum absolute atomic E-state index is 5.78. The van der Waals surface area contributed by atoms with Gasteiger partial charge in [-0.25, -0.2) is 0 Å². The Hall–Kier alpha value is -1.47. The second-order valence-corrected chi connectivity index (χ2v) is 20.0.